The van der Waals surface area contributed by atoms with E-state index in [2.05, 4.69) is 15.9 Å². The number of ether oxygens (including phenoxy) is 2. The molecule has 114 valence electrons. The number of benzene rings is 1. The molecular formula is C15H18BrNO4. The third-order valence-electron chi connectivity index (χ3n) is 4.09. The van der Waals surface area contributed by atoms with Gasteiger partial charge in [-0.15, -0.1) is 0 Å². The molecule has 0 saturated heterocycles. The van der Waals surface area contributed by atoms with Crippen molar-refractivity contribution >= 4 is 21.9 Å². The molecule has 0 amide bonds. The van der Waals surface area contributed by atoms with Crippen LogP contribution in [0.1, 0.15) is 36.5 Å². The number of carboxylic acid groups (broad SMARTS) is 1. The van der Waals surface area contributed by atoms with Crippen molar-refractivity contribution in [2.75, 3.05) is 6.54 Å². The van der Waals surface area contributed by atoms with Crippen LogP contribution in [0.25, 0.3) is 0 Å². The number of rotatable bonds is 3. The summed E-state index contributed by atoms with van der Waals surface area (Å²) in [6, 6.07) is 0. The van der Waals surface area contributed by atoms with Crippen LogP contribution in [-0.2, 0) is 17.6 Å². The zero-order chi connectivity index (χ0) is 15.3. The summed E-state index contributed by atoms with van der Waals surface area (Å²) < 4.78 is 12.7. The molecule has 6 heteroatoms. The average Bonchev–Trinajstić information content (AvgIpc) is 2.97. The van der Waals surface area contributed by atoms with Crippen LogP contribution in [0.2, 0.25) is 0 Å². The van der Waals surface area contributed by atoms with Crippen LogP contribution in [0.5, 0.6) is 11.5 Å². The lowest BCUT2D eigenvalue weighted by Crippen LogP contribution is -2.23. The maximum atomic E-state index is 11.6. The fraction of sp³-hybridized carbons (Fsp3) is 0.533. The second kappa shape index (κ2) is 5.18. The number of nitrogens with two attached hydrogens (primary N) is 1. The van der Waals surface area contributed by atoms with Crippen molar-refractivity contribution in [3.05, 3.63) is 21.2 Å². The highest BCUT2D eigenvalue weighted by atomic mass is 79.9. The monoisotopic (exact) mass is 355 g/mol. The second-order valence-corrected chi connectivity index (χ2v) is 6.53. The van der Waals surface area contributed by atoms with E-state index in [1.807, 2.05) is 13.8 Å². The molecule has 0 bridgehead atoms. The van der Waals surface area contributed by atoms with Gasteiger partial charge in [0.2, 0.25) is 0 Å². The van der Waals surface area contributed by atoms with E-state index in [1.54, 1.807) is 0 Å². The number of hydrogen-bond donors (Lipinski definition) is 2. The first-order valence-electron chi connectivity index (χ1n) is 7.07. The summed E-state index contributed by atoms with van der Waals surface area (Å²) in [5.41, 5.74) is 8.32. The Kier molecular flexibility index (Phi) is 3.61. The molecular weight excluding hydrogens is 338 g/mol. The third-order valence-corrected chi connectivity index (χ3v) is 4.92. The van der Waals surface area contributed by atoms with E-state index in [4.69, 9.17) is 15.2 Å². The van der Waals surface area contributed by atoms with E-state index in [9.17, 15) is 9.90 Å². The van der Waals surface area contributed by atoms with Gasteiger partial charge in [0.1, 0.15) is 23.7 Å². The summed E-state index contributed by atoms with van der Waals surface area (Å²) >= 11 is 3.60. The van der Waals surface area contributed by atoms with Crippen molar-refractivity contribution in [2.45, 2.75) is 44.8 Å². The van der Waals surface area contributed by atoms with Crippen LogP contribution in [-0.4, -0.2) is 29.8 Å². The smallest absolute Gasteiger partial charge is 0.312 e. The molecule has 2 heterocycles. The Morgan fingerprint density at radius 2 is 1.86 bits per heavy atom. The molecule has 1 aromatic carbocycles. The normalized spacial score (nSPS) is 24.0. The topological polar surface area (TPSA) is 81.8 Å². The molecule has 0 spiro atoms. The Morgan fingerprint density at radius 1 is 1.29 bits per heavy atom. The minimum absolute atomic E-state index is 0.0298. The van der Waals surface area contributed by atoms with Crippen LogP contribution in [0.4, 0.5) is 0 Å². The molecule has 3 unspecified atom stereocenters. The van der Waals surface area contributed by atoms with Gasteiger partial charge in [0.25, 0.3) is 0 Å². The van der Waals surface area contributed by atoms with Gasteiger partial charge in [-0.1, -0.05) is 0 Å². The molecule has 3 N–H and O–H groups in total. The summed E-state index contributed by atoms with van der Waals surface area (Å²) in [5, 5.41) is 9.50. The Bertz CT molecular complexity index is 577. The molecule has 21 heavy (non-hydrogen) atoms. The Balaban J connectivity index is 2.26. The van der Waals surface area contributed by atoms with Crippen LogP contribution in [0.3, 0.4) is 0 Å². The van der Waals surface area contributed by atoms with Gasteiger partial charge in [0.15, 0.2) is 0 Å². The summed E-state index contributed by atoms with van der Waals surface area (Å²) in [5.74, 6) is -0.246. The van der Waals surface area contributed by atoms with E-state index < -0.39 is 11.9 Å². The molecule has 2 aliphatic heterocycles. The van der Waals surface area contributed by atoms with E-state index >= 15 is 0 Å². The maximum absolute atomic E-state index is 11.6. The first-order chi connectivity index (χ1) is 9.93. The standard InChI is InChI=1S/C15H18BrNO4/c1-6-3-8-11(10(5-17)15(18)19)13-9(4-7(2)20-13)12(16)14(8)21-6/h6-7,10H,3-5,17H2,1-2H3,(H,18,19). The Hall–Kier alpha value is -1.27. The van der Waals surface area contributed by atoms with E-state index in [1.165, 1.54) is 0 Å². The molecule has 1 aromatic rings. The first-order valence-corrected chi connectivity index (χ1v) is 7.86. The molecule has 0 fully saturated rings. The quantitative estimate of drug-likeness (QED) is 0.868. The van der Waals surface area contributed by atoms with Gasteiger partial charge in [-0.3, -0.25) is 4.79 Å². The van der Waals surface area contributed by atoms with Crippen molar-refractivity contribution in [1.29, 1.82) is 0 Å². The van der Waals surface area contributed by atoms with Crippen LogP contribution in [0, 0.1) is 0 Å². The summed E-state index contributed by atoms with van der Waals surface area (Å²) in [4.78, 5) is 11.6. The predicted octanol–water partition coefficient (Wildman–Crippen LogP) is 2.22. The largest absolute Gasteiger partial charge is 0.490 e. The van der Waals surface area contributed by atoms with Gasteiger partial charge in [0, 0.05) is 36.1 Å². The third kappa shape index (κ3) is 2.21. The number of carbonyl (C=O) groups is 1. The fourth-order valence-electron chi connectivity index (χ4n) is 3.20. The van der Waals surface area contributed by atoms with Gasteiger partial charge in [-0.2, -0.15) is 0 Å². The van der Waals surface area contributed by atoms with Gasteiger partial charge in [-0.05, 0) is 29.8 Å². The highest BCUT2D eigenvalue weighted by Gasteiger charge is 2.38. The number of hydrogen-bond acceptors (Lipinski definition) is 4. The highest BCUT2D eigenvalue weighted by molar-refractivity contribution is 9.10. The number of halogens is 1. The minimum atomic E-state index is -0.924. The van der Waals surface area contributed by atoms with Gasteiger partial charge in [0.05, 0.1) is 10.4 Å². The highest BCUT2D eigenvalue weighted by Crippen LogP contribution is 2.51. The molecule has 0 aliphatic carbocycles. The van der Waals surface area contributed by atoms with Crippen molar-refractivity contribution < 1.29 is 19.4 Å². The average molecular weight is 356 g/mol. The van der Waals surface area contributed by atoms with E-state index in [-0.39, 0.29) is 18.8 Å². The molecule has 0 radical (unpaired) electrons. The van der Waals surface area contributed by atoms with Crippen molar-refractivity contribution in [3.8, 4) is 11.5 Å². The van der Waals surface area contributed by atoms with Crippen LogP contribution < -0.4 is 15.2 Å². The Labute approximate surface area is 131 Å². The van der Waals surface area contributed by atoms with Crippen molar-refractivity contribution in [1.82, 2.24) is 0 Å². The lowest BCUT2D eigenvalue weighted by Gasteiger charge is -2.19. The molecule has 0 aromatic heterocycles. The molecule has 3 rings (SSSR count). The van der Waals surface area contributed by atoms with Crippen molar-refractivity contribution in [2.24, 2.45) is 5.73 Å². The molecule has 0 saturated carbocycles. The van der Waals surface area contributed by atoms with Crippen molar-refractivity contribution in [3.63, 3.8) is 0 Å². The number of aliphatic carboxylic acids is 1. The number of fused-ring (bicyclic) bond motifs is 2. The van der Waals surface area contributed by atoms with Gasteiger partial charge < -0.3 is 20.3 Å². The zero-order valence-corrected chi connectivity index (χ0v) is 13.6. The van der Waals surface area contributed by atoms with E-state index in [0.29, 0.717) is 17.7 Å². The minimum Gasteiger partial charge on any atom is -0.490 e. The summed E-state index contributed by atoms with van der Waals surface area (Å²) in [6.45, 7) is 3.99. The maximum Gasteiger partial charge on any atom is 0.312 e. The zero-order valence-electron chi connectivity index (χ0n) is 12.0. The first kappa shape index (κ1) is 14.7. The lowest BCUT2D eigenvalue weighted by molar-refractivity contribution is -0.138. The van der Waals surface area contributed by atoms with Crippen LogP contribution >= 0.6 is 15.9 Å². The number of carboxylic acids is 1. The predicted molar refractivity (Wildman–Crippen MR) is 81.2 cm³/mol. The fourth-order valence-corrected chi connectivity index (χ4v) is 3.88. The van der Waals surface area contributed by atoms with Gasteiger partial charge >= 0.3 is 5.97 Å². The lowest BCUT2D eigenvalue weighted by atomic mass is 9.89. The summed E-state index contributed by atoms with van der Waals surface area (Å²) in [6.07, 6.45) is 1.48. The molecule has 2 aliphatic rings. The summed E-state index contributed by atoms with van der Waals surface area (Å²) in [7, 11) is 0. The molecule has 3 atom stereocenters. The molecule has 5 nitrogen and oxygen atoms in total. The second-order valence-electron chi connectivity index (χ2n) is 5.73. The SMILES string of the molecule is CC1Cc2c(c(Br)c3c(c2C(CN)C(=O)O)OC(C)C3)O1. The van der Waals surface area contributed by atoms with E-state index in [0.717, 1.165) is 27.8 Å². The van der Waals surface area contributed by atoms with Crippen LogP contribution in [0.15, 0.2) is 4.47 Å². The van der Waals surface area contributed by atoms with Gasteiger partial charge in [-0.25, -0.2) is 0 Å². The Morgan fingerprint density at radius 3 is 2.43 bits per heavy atom.